The Morgan fingerprint density at radius 1 is 1.47 bits per heavy atom. The van der Waals surface area contributed by atoms with Gasteiger partial charge in [-0.3, -0.25) is 0 Å². The first-order valence-corrected chi connectivity index (χ1v) is 7.83. The normalized spacial score (nSPS) is 14.2. The second-order valence-corrected chi connectivity index (χ2v) is 8.37. The summed E-state index contributed by atoms with van der Waals surface area (Å²) in [6.07, 6.45) is 1.45. The fourth-order valence-corrected chi connectivity index (χ4v) is 2.27. The minimum atomic E-state index is -1.31. The molecule has 0 amide bonds. The molecule has 0 aliphatic carbocycles. The van der Waals surface area contributed by atoms with Crippen LogP contribution in [-0.4, -0.2) is 20.6 Å². The van der Waals surface area contributed by atoms with Crippen molar-refractivity contribution in [1.82, 2.24) is 0 Å². The van der Waals surface area contributed by atoms with Crippen molar-refractivity contribution in [3.05, 3.63) is 25.7 Å². The van der Waals surface area contributed by atoms with E-state index in [1.807, 2.05) is 20.8 Å². The second kappa shape index (κ2) is 5.90. The highest BCUT2D eigenvalue weighted by atomic mass is 127. The molecule has 0 spiro atoms. The SMILES string of the molecule is CC(C)(C)[S+]([O-])N=Cc1cc(I)c(Br)cc1O. The minimum absolute atomic E-state index is 0.118. The maximum Gasteiger partial charge on any atom is 0.144 e. The molecule has 94 valence electrons. The first-order valence-electron chi connectivity index (χ1n) is 4.86. The van der Waals surface area contributed by atoms with Crippen molar-refractivity contribution in [2.24, 2.45) is 4.40 Å². The molecule has 17 heavy (non-hydrogen) atoms. The molecule has 0 saturated carbocycles. The van der Waals surface area contributed by atoms with Gasteiger partial charge < -0.3 is 9.66 Å². The molecule has 1 unspecified atom stereocenters. The fraction of sp³-hybridized carbons (Fsp3) is 0.364. The van der Waals surface area contributed by atoms with Crippen molar-refractivity contribution >= 4 is 56.1 Å². The zero-order chi connectivity index (χ0) is 13.2. The van der Waals surface area contributed by atoms with Crippen molar-refractivity contribution in [2.75, 3.05) is 0 Å². The number of phenols is 1. The van der Waals surface area contributed by atoms with E-state index >= 15 is 0 Å². The molecule has 1 atom stereocenters. The van der Waals surface area contributed by atoms with Crippen LogP contribution in [0.25, 0.3) is 0 Å². The Bertz CT molecular complexity index is 446. The molecule has 0 aliphatic rings. The van der Waals surface area contributed by atoms with Crippen LogP contribution in [0.4, 0.5) is 0 Å². The Labute approximate surface area is 126 Å². The zero-order valence-electron chi connectivity index (χ0n) is 9.70. The monoisotopic (exact) mass is 429 g/mol. The lowest BCUT2D eigenvalue weighted by Crippen LogP contribution is -2.25. The van der Waals surface area contributed by atoms with Crippen LogP contribution in [0.5, 0.6) is 5.75 Å². The number of phenolic OH excluding ortho intramolecular Hbond substituents is 1. The quantitative estimate of drug-likeness (QED) is 0.443. The molecule has 3 nitrogen and oxygen atoms in total. The number of benzene rings is 1. The van der Waals surface area contributed by atoms with Crippen molar-refractivity contribution in [3.8, 4) is 5.75 Å². The topological polar surface area (TPSA) is 55.7 Å². The van der Waals surface area contributed by atoms with Gasteiger partial charge in [-0.2, -0.15) is 0 Å². The third kappa shape index (κ3) is 4.42. The van der Waals surface area contributed by atoms with Crippen molar-refractivity contribution < 1.29 is 9.66 Å². The maximum atomic E-state index is 11.7. The van der Waals surface area contributed by atoms with Crippen LogP contribution in [0.1, 0.15) is 26.3 Å². The van der Waals surface area contributed by atoms with E-state index in [1.165, 1.54) is 6.21 Å². The van der Waals surface area contributed by atoms with Gasteiger partial charge in [0.15, 0.2) is 0 Å². The lowest BCUT2D eigenvalue weighted by molar-refractivity contribution is 0.474. The van der Waals surface area contributed by atoms with Crippen LogP contribution in [0, 0.1) is 3.57 Å². The van der Waals surface area contributed by atoms with E-state index in [-0.39, 0.29) is 5.75 Å². The van der Waals surface area contributed by atoms with Crippen molar-refractivity contribution in [1.29, 1.82) is 0 Å². The van der Waals surface area contributed by atoms with Crippen LogP contribution >= 0.6 is 38.5 Å². The Balaban J connectivity index is 2.96. The van der Waals surface area contributed by atoms with Crippen LogP contribution in [0.15, 0.2) is 21.0 Å². The van der Waals surface area contributed by atoms with Gasteiger partial charge in [0.05, 0.1) is 6.21 Å². The first kappa shape index (κ1) is 15.3. The number of aromatic hydroxyl groups is 1. The van der Waals surface area contributed by atoms with Crippen LogP contribution in [0.3, 0.4) is 0 Å². The number of rotatable bonds is 2. The highest BCUT2D eigenvalue weighted by Gasteiger charge is 2.25. The van der Waals surface area contributed by atoms with Gasteiger partial charge in [-0.25, -0.2) is 0 Å². The number of nitrogens with zero attached hydrogens (tertiary/aromatic N) is 1. The Kier molecular flexibility index (Phi) is 5.30. The summed E-state index contributed by atoms with van der Waals surface area (Å²) in [4.78, 5) is 0. The smallest absolute Gasteiger partial charge is 0.144 e. The lowest BCUT2D eigenvalue weighted by atomic mass is 10.2. The summed E-state index contributed by atoms with van der Waals surface area (Å²) in [7, 11) is 0. The standard InChI is InChI=1S/C11H13BrINO2S/c1-11(2,3)17(16)14-6-7-4-9(13)8(12)5-10(7)15/h4-6,15H,1-3H3. The molecule has 0 aromatic heterocycles. The minimum Gasteiger partial charge on any atom is -0.591 e. The molecular formula is C11H13BrINO2S. The van der Waals surface area contributed by atoms with Gasteiger partial charge in [-0.1, -0.05) is 4.40 Å². The number of hydrogen-bond acceptors (Lipinski definition) is 3. The molecule has 6 heteroatoms. The van der Waals surface area contributed by atoms with E-state index in [0.717, 1.165) is 8.04 Å². The average molecular weight is 430 g/mol. The number of hydrogen-bond donors (Lipinski definition) is 1. The lowest BCUT2D eigenvalue weighted by Gasteiger charge is -2.17. The molecule has 0 bridgehead atoms. The molecule has 1 aromatic rings. The number of halogens is 2. The van der Waals surface area contributed by atoms with Crippen molar-refractivity contribution in [2.45, 2.75) is 25.5 Å². The summed E-state index contributed by atoms with van der Waals surface area (Å²) < 4.78 is 17.1. The van der Waals surface area contributed by atoms with Crippen LogP contribution < -0.4 is 0 Å². The van der Waals surface area contributed by atoms with Gasteiger partial charge in [-0.05, 0) is 71.4 Å². The Hall–Kier alpha value is 0.210. The molecular weight excluding hydrogens is 417 g/mol. The highest BCUT2D eigenvalue weighted by Crippen LogP contribution is 2.27. The Morgan fingerprint density at radius 2 is 2.06 bits per heavy atom. The summed E-state index contributed by atoms with van der Waals surface area (Å²) in [6, 6.07) is 3.38. The average Bonchev–Trinajstić information content (AvgIpc) is 2.19. The summed E-state index contributed by atoms with van der Waals surface area (Å²) in [5.41, 5.74) is 0.565. The van der Waals surface area contributed by atoms with E-state index in [2.05, 4.69) is 42.9 Å². The third-order valence-electron chi connectivity index (χ3n) is 1.88. The fourth-order valence-electron chi connectivity index (χ4n) is 0.918. The van der Waals surface area contributed by atoms with E-state index < -0.39 is 16.1 Å². The van der Waals surface area contributed by atoms with Gasteiger partial charge in [0.2, 0.25) is 0 Å². The zero-order valence-corrected chi connectivity index (χ0v) is 14.3. The molecule has 0 radical (unpaired) electrons. The predicted molar refractivity (Wildman–Crippen MR) is 84.0 cm³/mol. The van der Waals surface area contributed by atoms with E-state index in [9.17, 15) is 9.66 Å². The molecule has 1 N–H and O–H groups in total. The largest absolute Gasteiger partial charge is 0.591 e. The molecule has 0 heterocycles. The van der Waals surface area contributed by atoms with E-state index in [4.69, 9.17) is 0 Å². The summed E-state index contributed by atoms with van der Waals surface area (Å²) in [5.74, 6) is 0.118. The van der Waals surface area contributed by atoms with E-state index in [1.54, 1.807) is 12.1 Å². The summed E-state index contributed by atoms with van der Waals surface area (Å²) in [5, 5.41) is 9.71. The maximum absolute atomic E-state index is 11.7. The van der Waals surface area contributed by atoms with Gasteiger partial charge in [0.25, 0.3) is 0 Å². The van der Waals surface area contributed by atoms with Crippen LogP contribution in [0.2, 0.25) is 0 Å². The first-order chi connectivity index (χ1) is 7.71. The van der Waals surface area contributed by atoms with Crippen LogP contribution in [-0.2, 0) is 11.4 Å². The molecule has 0 fully saturated rings. The van der Waals surface area contributed by atoms with E-state index in [0.29, 0.717) is 5.56 Å². The molecule has 0 aliphatic heterocycles. The van der Waals surface area contributed by atoms with Gasteiger partial charge in [-0.15, -0.1) is 0 Å². The Morgan fingerprint density at radius 3 is 2.59 bits per heavy atom. The molecule has 0 saturated heterocycles. The third-order valence-corrected chi connectivity index (χ3v) is 5.52. The molecule has 1 aromatic carbocycles. The summed E-state index contributed by atoms with van der Waals surface area (Å²) in [6.45, 7) is 5.56. The van der Waals surface area contributed by atoms with Gasteiger partial charge in [0.1, 0.15) is 21.9 Å². The second-order valence-electron chi connectivity index (χ2n) is 4.42. The highest BCUT2D eigenvalue weighted by molar-refractivity contribution is 14.1. The van der Waals surface area contributed by atoms with Gasteiger partial charge >= 0.3 is 0 Å². The predicted octanol–water partition coefficient (Wildman–Crippen LogP) is 3.64. The van der Waals surface area contributed by atoms with Gasteiger partial charge in [0, 0.05) is 13.6 Å². The molecule has 1 rings (SSSR count). The van der Waals surface area contributed by atoms with Crippen molar-refractivity contribution in [3.63, 3.8) is 0 Å². The summed E-state index contributed by atoms with van der Waals surface area (Å²) >= 11 is 4.15.